The van der Waals surface area contributed by atoms with Gasteiger partial charge in [-0.1, -0.05) is 0 Å². The third-order valence-electron chi connectivity index (χ3n) is 1.63. The standard InChI is InChI=1S/C9H8N2O4/c10-9(13)4-1-6-5-7(12)2-3-8(6)11(14)15/h1-5,12H,(H2,10,13)/b4-1-. The zero-order chi connectivity index (χ0) is 11.4. The quantitative estimate of drug-likeness (QED) is 0.435. The highest BCUT2D eigenvalue weighted by atomic mass is 16.6. The number of amides is 1. The molecule has 15 heavy (non-hydrogen) atoms. The molecule has 0 atom stereocenters. The van der Waals surface area contributed by atoms with Gasteiger partial charge in [-0.25, -0.2) is 0 Å². The van der Waals surface area contributed by atoms with Crippen LogP contribution >= 0.6 is 0 Å². The fourth-order valence-corrected chi connectivity index (χ4v) is 1.01. The van der Waals surface area contributed by atoms with E-state index in [-0.39, 0.29) is 17.0 Å². The van der Waals surface area contributed by atoms with Crippen molar-refractivity contribution in [3.8, 4) is 5.75 Å². The molecule has 6 heteroatoms. The molecule has 0 bridgehead atoms. The minimum Gasteiger partial charge on any atom is -0.508 e. The lowest BCUT2D eigenvalue weighted by Gasteiger charge is -1.97. The Morgan fingerprint density at radius 3 is 2.73 bits per heavy atom. The van der Waals surface area contributed by atoms with Crippen LogP contribution in [0.5, 0.6) is 5.75 Å². The maximum Gasteiger partial charge on any atom is 0.276 e. The lowest BCUT2D eigenvalue weighted by atomic mass is 10.1. The molecule has 1 aromatic carbocycles. The molecule has 0 aliphatic heterocycles. The van der Waals surface area contributed by atoms with E-state index in [1.165, 1.54) is 18.2 Å². The predicted octanol–water partition coefficient (Wildman–Crippen LogP) is 0.799. The van der Waals surface area contributed by atoms with Gasteiger partial charge in [0.1, 0.15) is 5.75 Å². The third-order valence-corrected chi connectivity index (χ3v) is 1.63. The van der Waals surface area contributed by atoms with Gasteiger partial charge < -0.3 is 10.8 Å². The molecule has 1 aromatic rings. The fraction of sp³-hybridized carbons (Fsp3) is 0. The maximum atomic E-state index is 10.6. The molecule has 0 radical (unpaired) electrons. The SMILES string of the molecule is NC(=O)/C=C\c1cc(O)ccc1[N+](=O)[O-]. The highest BCUT2D eigenvalue weighted by Crippen LogP contribution is 2.24. The molecular formula is C9H8N2O4. The highest BCUT2D eigenvalue weighted by molar-refractivity contribution is 5.91. The summed E-state index contributed by atoms with van der Waals surface area (Å²) in [7, 11) is 0. The first-order valence-electron chi connectivity index (χ1n) is 3.95. The predicted molar refractivity (Wildman–Crippen MR) is 53.0 cm³/mol. The highest BCUT2D eigenvalue weighted by Gasteiger charge is 2.11. The molecule has 0 heterocycles. The lowest BCUT2D eigenvalue weighted by Crippen LogP contribution is -2.05. The largest absolute Gasteiger partial charge is 0.508 e. The molecule has 78 valence electrons. The molecule has 0 aromatic heterocycles. The fourth-order valence-electron chi connectivity index (χ4n) is 1.01. The molecule has 3 N–H and O–H groups in total. The maximum absolute atomic E-state index is 10.6. The van der Waals surface area contributed by atoms with Crippen molar-refractivity contribution in [1.82, 2.24) is 0 Å². The second-order valence-corrected chi connectivity index (χ2v) is 2.74. The number of phenols is 1. The van der Waals surface area contributed by atoms with E-state index < -0.39 is 10.8 Å². The summed E-state index contributed by atoms with van der Waals surface area (Å²) in [5.74, 6) is -0.836. The summed E-state index contributed by atoms with van der Waals surface area (Å²) in [5.41, 5.74) is 4.77. The number of nitrogens with zero attached hydrogens (tertiary/aromatic N) is 1. The van der Waals surface area contributed by atoms with Crippen LogP contribution in [0.25, 0.3) is 6.08 Å². The Morgan fingerprint density at radius 2 is 2.20 bits per heavy atom. The number of hydrogen-bond acceptors (Lipinski definition) is 4. The second kappa shape index (κ2) is 4.23. The van der Waals surface area contributed by atoms with Crippen LogP contribution in [-0.4, -0.2) is 15.9 Å². The van der Waals surface area contributed by atoms with Crippen molar-refractivity contribution in [1.29, 1.82) is 0 Å². The van der Waals surface area contributed by atoms with Gasteiger partial charge in [0.25, 0.3) is 5.69 Å². The smallest absolute Gasteiger partial charge is 0.276 e. The number of hydrogen-bond donors (Lipinski definition) is 2. The van der Waals surface area contributed by atoms with Gasteiger partial charge in [0.05, 0.1) is 10.5 Å². The van der Waals surface area contributed by atoms with E-state index in [1.54, 1.807) is 0 Å². The molecule has 6 nitrogen and oxygen atoms in total. The average Bonchev–Trinajstić information content (AvgIpc) is 2.14. The topological polar surface area (TPSA) is 106 Å². The number of nitro benzene ring substituents is 1. The summed E-state index contributed by atoms with van der Waals surface area (Å²) in [4.78, 5) is 20.4. The van der Waals surface area contributed by atoms with Crippen LogP contribution < -0.4 is 5.73 Å². The number of nitrogens with two attached hydrogens (primary N) is 1. The number of phenolic OH excluding ortho intramolecular Hbond substituents is 1. The minimum atomic E-state index is -0.715. The lowest BCUT2D eigenvalue weighted by molar-refractivity contribution is -0.385. The van der Waals surface area contributed by atoms with Crippen LogP contribution in [0.3, 0.4) is 0 Å². The van der Waals surface area contributed by atoms with Crippen molar-refractivity contribution in [3.63, 3.8) is 0 Å². The van der Waals surface area contributed by atoms with Crippen LogP contribution in [0, 0.1) is 10.1 Å². The van der Waals surface area contributed by atoms with E-state index in [9.17, 15) is 14.9 Å². The first-order valence-corrected chi connectivity index (χ1v) is 3.95. The van der Waals surface area contributed by atoms with Crippen LogP contribution in [0.2, 0.25) is 0 Å². The molecule has 0 unspecified atom stereocenters. The normalized spacial score (nSPS) is 10.4. The Kier molecular flexibility index (Phi) is 3.02. The van der Waals surface area contributed by atoms with Crippen molar-refractivity contribution in [2.45, 2.75) is 0 Å². The van der Waals surface area contributed by atoms with Gasteiger partial charge in [0, 0.05) is 12.1 Å². The Labute approximate surface area is 84.8 Å². The minimum absolute atomic E-state index is 0.121. The van der Waals surface area contributed by atoms with Crippen molar-refractivity contribution in [2.75, 3.05) is 0 Å². The molecule has 0 aliphatic rings. The number of primary amides is 1. The van der Waals surface area contributed by atoms with Gasteiger partial charge >= 0.3 is 0 Å². The Hall–Kier alpha value is -2.37. The summed E-state index contributed by atoms with van der Waals surface area (Å²) >= 11 is 0. The van der Waals surface area contributed by atoms with E-state index in [1.807, 2.05) is 0 Å². The van der Waals surface area contributed by atoms with Gasteiger partial charge in [0.2, 0.25) is 5.91 Å². The van der Waals surface area contributed by atoms with Crippen molar-refractivity contribution < 1.29 is 14.8 Å². The summed E-state index contributed by atoms with van der Waals surface area (Å²) in [6, 6.07) is 3.52. The molecule has 0 saturated carbocycles. The van der Waals surface area contributed by atoms with E-state index >= 15 is 0 Å². The first kappa shape index (κ1) is 10.7. The third kappa shape index (κ3) is 2.80. The van der Waals surface area contributed by atoms with Crippen LogP contribution in [0.4, 0.5) is 5.69 Å². The van der Waals surface area contributed by atoms with E-state index in [2.05, 4.69) is 0 Å². The molecule has 0 spiro atoms. The molecule has 1 rings (SSSR count). The van der Waals surface area contributed by atoms with Gasteiger partial charge in [-0.3, -0.25) is 14.9 Å². The number of carbonyl (C=O) groups is 1. The molecule has 1 amide bonds. The Bertz CT molecular complexity index is 440. The molecular weight excluding hydrogens is 200 g/mol. The monoisotopic (exact) mass is 208 g/mol. The molecule has 0 fully saturated rings. The average molecular weight is 208 g/mol. The van der Waals surface area contributed by atoms with Gasteiger partial charge in [-0.05, 0) is 18.2 Å². The summed E-state index contributed by atoms with van der Waals surface area (Å²) < 4.78 is 0. The molecule has 0 aliphatic carbocycles. The summed E-state index contributed by atoms with van der Waals surface area (Å²) in [6.45, 7) is 0. The number of rotatable bonds is 3. The number of benzene rings is 1. The van der Waals surface area contributed by atoms with Crippen molar-refractivity contribution >= 4 is 17.7 Å². The van der Waals surface area contributed by atoms with E-state index in [4.69, 9.17) is 10.8 Å². The van der Waals surface area contributed by atoms with Gasteiger partial charge in [-0.2, -0.15) is 0 Å². The number of nitro groups is 1. The second-order valence-electron chi connectivity index (χ2n) is 2.74. The summed E-state index contributed by atoms with van der Waals surface area (Å²) in [5, 5.41) is 19.7. The zero-order valence-electron chi connectivity index (χ0n) is 7.58. The summed E-state index contributed by atoms with van der Waals surface area (Å²) in [6.07, 6.45) is 2.17. The first-order chi connectivity index (χ1) is 7.00. The van der Waals surface area contributed by atoms with Crippen molar-refractivity contribution in [3.05, 3.63) is 40.0 Å². The van der Waals surface area contributed by atoms with Crippen LogP contribution in [0.15, 0.2) is 24.3 Å². The zero-order valence-corrected chi connectivity index (χ0v) is 7.58. The van der Waals surface area contributed by atoms with Gasteiger partial charge in [0.15, 0.2) is 0 Å². The number of carbonyl (C=O) groups excluding carboxylic acids is 1. The van der Waals surface area contributed by atoms with Gasteiger partial charge in [-0.15, -0.1) is 0 Å². The van der Waals surface area contributed by atoms with Crippen LogP contribution in [-0.2, 0) is 4.79 Å². The Morgan fingerprint density at radius 1 is 1.53 bits per heavy atom. The Balaban J connectivity index is 3.18. The number of aromatic hydroxyl groups is 1. The van der Waals surface area contributed by atoms with E-state index in [0.717, 1.165) is 12.1 Å². The van der Waals surface area contributed by atoms with Crippen molar-refractivity contribution in [2.24, 2.45) is 5.73 Å². The van der Waals surface area contributed by atoms with Crippen LogP contribution in [0.1, 0.15) is 5.56 Å². The van der Waals surface area contributed by atoms with E-state index in [0.29, 0.717) is 0 Å². The molecule has 0 saturated heterocycles.